The molecule has 0 aromatic carbocycles. The fraction of sp³-hybridized carbons (Fsp3) is 1.00. The van der Waals surface area contributed by atoms with Crippen LogP contribution in [0.4, 0.5) is 0 Å². The minimum atomic E-state index is -2.74. The predicted octanol–water partition coefficient (Wildman–Crippen LogP) is 0.234. The molecule has 0 aromatic rings. The zero-order chi connectivity index (χ0) is 11.5. The highest BCUT2D eigenvalue weighted by Gasteiger charge is 2.21. The molecule has 1 aliphatic rings. The summed E-state index contributed by atoms with van der Waals surface area (Å²) >= 11 is 0. The van der Waals surface area contributed by atoms with Crippen LogP contribution in [0.5, 0.6) is 0 Å². The molecule has 5 heteroatoms. The van der Waals surface area contributed by atoms with Crippen LogP contribution in [0.15, 0.2) is 0 Å². The zero-order valence-electron chi connectivity index (χ0n) is 9.70. The van der Waals surface area contributed by atoms with E-state index in [0.717, 1.165) is 19.4 Å². The van der Waals surface area contributed by atoms with Gasteiger partial charge in [0.1, 0.15) is 0 Å². The molecular formula is C10H22N2O2S. The van der Waals surface area contributed by atoms with Crippen molar-refractivity contribution in [3.05, 3.63) is 0 Å². The molecule has 0 spiro atoms. The SMILES string of the molecule is CC(C)(N)CCCN1CCS(=O)(=O)CC1. The lowest BCUT2D eigenvalue weighted by Gasteiger charge is -2.27. The van der Waals surface area contributed by atoms with E-state index in [1.807, 2.05) is 13.8 Å². The van der Waals surface area contributed by atoms with Crippen LogP contribution in [0.2, 0.25) is 0 Å². The fourth-order valence-electron chi connectivity index (χ4n) is 1.73. The number of nitrogens with two attached hydrogens (primary N) is 1. The van der Waals surface area contributed by atoms with Crippen LogP contribution in [-0.2, 0) is 9.84 Å². The van der Waals surface area contributed by atoms with E-state index in [1.165, 1.54) is 0 Å². The van der Waals surface area contributed by atoms with Crippen molar-refractivity contribution in [2.75, 3.05) is 31.1 Å². The van der Waals surface area contributed by atoms with Gasteiger partial charge >= 0.3 is 0 Å². The highest BCUT2D eigenvalue weighted by molar-refractivity contribution is 7.91. The lowest BCUT2D eigenvalue weighted by molar-refractivity contribution is 0.278. The van der Waals surface area contributed by atoms with Crippen molar-refractivity contribution in [1.82, 2.24) is 4.90 Å². The molecule has 1 rings (SSSR count). The summed E-state index contributed by atoms with van der Waals surface area (Å²) in [6, 6.07) is 0. The average molecular weight is 234 g/mol. The Morgan fingerprint density at radius 1 is 1.27 bits per heavy atom. The van der Waals surface area contributed by atoms with Crippen molar-refractivity contribution in [2.45, 2.75) is 32.2 Å². The minimum Gasteiger partial charge on any atom is -0.326 e. The van der Waals surface area contributed by atoms with E-state index in [2.05, 4.69) is 4.90 Å². The topological polar surface area (TPSA) is 63.4 Å². The summed E-state index contributed by atoms with van der Waals surface area (Å²) < 4.78 is 22.4. The van der Waals surface area contributed by atoms with E-state index < -0.39 is 9.84 Å². The molecule has 2 N–H and O–H groups in total. The van der Waals surface area contributed by atoms with Gasteiger partial charge in [-0.3, -0.25) is 0 Å². The Morgan fingerprint density at radius 2 is 1.80 bits per heavy atom. The maximum absolute atomic E-state index is 11.2. The van der Waals surface area contributed by atoms with E-state index >= 15 is 0 Å². The Labute approximate surface area is 92.7 Å². The van der Waals surface area contributed by atoms with Gasteiger partial charge in [0, 0.05) is 18.6 Å². The molecule has 0 bridgehead atoms. The van der Waals surface area contributed by atoms with Crippen LogP contribution in [0.1, 0.15) is 26.7 Å². The highest BCUT2D eigenvalue weighted by Crippen LogP contribution is 2.10. The molecule has 90 valence electrons. The molecular weight excluding hydrogens is 212 g/mol. The van der Waals surface area contributed by atoms with Crippen LogP contribution in [-0.4, -0.2) is 50.0 Å². The fourth-order valence-corrected chi connectivity index (χ4v) is 3.01. The Morgan fingerprint density at radius 3 is 2.27 bits per heavy atom. The van der Waals surface area contributed by atoms with E-state index in [1.54, 1.807) is 0 Å². The molecule has 1 heterocycles. The first-order valence-corrected chi connectivity index (χ1v) is 7.32. The summed E-state index contributed by atoms with van der Waals surface area (Å²) in [6.07, 6.45) is 2.03. The van der Waals surface area contributed by atoms with Gasteiger partial charge in [0.25, 0.3) is 0 Å². The largest absolute Gasteiger partial charge is 0.326 e. The van der Waals surface area contributed by atoms with Gasteiger partial charge in [-0.25, -0.2) is 8.42 Å². The lowest BCUT2D eigenvalue weighted by Crippen LogP contribution is -2.41. The zero-order valence-corrected chi connectivity index (χ0v) is 10.5. The number of hydrogen-bond acceptors (Lipinski definition) is 4. The van der Waals surface area contributed by atoms with Crippen molar-refractivity contribution < 1.29 is 8.42 Å². The molecule has 0 saturated carbocycles. The number of rotatable bonds is 4. The first-order chi connectivity index (χ1) is 6.79. The smallest absolute Gasteiger partial charge is 0.152 e. The van der Waals surface area contributed by atoms with Crippen molar-refractivity contribution in [3.63, 3.8) is 0 Å². The number of hydrogen-bond donors (Lipinski definition) is 1. The van der Waals surface area contributed by atoms with Crippen molar-refractivity contribution in [2.24, 2.45) is 5.73 Å². The molecule has 1 saturated heterocycles. The normalized spacial score (nSPS) is 22.9. The molecule has 0 aromatic heterocycles. The summed E-state index contributed by atoms with van der Waals surface area (Å²) in [5.74, 6) is 0.637. The molecule has 0 amide bonds. The Hall–Kier alpha value is -0.130. The molecule has 0 unspecified atom stereocenters. The van der Waals surface area contributed by atoms with Crippen LogP contribution in [0.25, 0.3) is 0 Å². The van der Waals surface area contributed by atoms with E-state index in [9.17, 15) is 8.42 Å². The summed E-state index contributed by atoms with van der Waals surface area (Å²) in [5.41, 5.74) is 5.77. The molecule has 4 nitrogen and oxygen atoms in total. The Kier molecular flexibility index (Phi) is 4.14. The quantitative estimate of drug-likeness (QED) is 0.756. The van der Waals surface area contributed by atoms with Crippen LogP contribution >= 0.6 is 0 Å². The standard InChI is InChI=1S/C10H22N2O2S/c1-10(2,11)4-3-5-12-6-8-15(13,14)9-7-12/h3-9,11H2,1-2H3. The molecule has 1 fully saturated rings. The predicted molar refractivity (Wildman–Crippen MR) is 62.6 cm³/mol. The third-order valence-electron chi connectivity index (χ3n) is 2.73. The van der Waals surface area contributed by atoms with E-state index in [4.69, 9.17) is 5.73 Å². The third-order valence-corrected chi connectivity index (χ3v) is 4.34. The Balaban J connectivity index is 2.20. The van der Waals surface area contributed by atoms with E-state index in [-0.39, 0.29) is 5.54 Å². The number of nitrogens with zero attached hydrogens (tertiary/aromatic N) is 1. The second-order valence-corrected chi connectivity index (χ2v) is 7.39. The van der Waals surface area contributed by atoms with Crippen molar-refractivity contribution in [1.29, 1.82) is 0 Å². The van der Waals surface area contributed by atoms with Gasteiger partial charge in [0.15, 0.2) is 9.84 Å². The summed E-state index contributed by atoms with van der Waals surface area (Å²) in [4.78, 5) is 2.22. The average Bonchev–Trinajstić information content (AvgIpc) is 2.06. The van der Waals surface area contributed by atoms with Gasteiger partial charge in [-0.2, -0.15) is 0 Å². The van der Waals surface area contributed by atoms with Gasteiger partial charge < -0.3 is 10.6 Å². The molecule has 15 heavy (non-hydrogen) atoms. The Bertz CT molecular complexity index is 279. The van der Waals surface area contributed by atoms with Crippen LogP contribution < -0.4 is 5.73 Å². The summed E-state index contributed by atoms with van der Waals surface area (Å²) in [6.45, 7) is 6.39. The van der Waals surface area contributed by atoms with Gasteiger partial charge in [-0.05, 0) is 33.2 Å². The van der Waals surface area contributed by atoms with Gasteiger partial charge in [-0.15, -0.1) is 0 Å². The van der Waals surface area contributed by atoms with Crippen molar-refractivity contribution >= 4 is 9.84 Å². The molecule has 1 aliphatic heterocycles. The maximum Gasteiger partial charge on any atom is 0.152 e. The summed E-state index contributed by atoms with van der Waals surface area (Å²) in [5, 5.41) is 0. The molecule has 0 radical (unpaired) electrons. The monoisotopic (exact) mass is 234 g/mol. The number of sulfone groups is 1. The van der Waals surface area contributed by atoms with Crippen LogP contribution in [0.3, 0.4) is 0 Å². The summed E-state index contributed by atoms with van der Waals surface area (Å²) in [7, 11) is -2.74. The second-order valence-electron chi connectivity index (χ2n) is 5.09. The first kappa shape index (κ1) is 12.9. The van der Waals surface area contributed by atoms with Crippen molar-refractivity contribution in [3.8, 4) is 0 Å². The van der Waals surface area contributed by atoms with Crippen LogP contribution in [0, 0.1) is 0 Å². The van der Waals surface area contributed by atoms with E-state index in [0.29, 0.717) is 24.6 Å². The molecule has 0 aliphatic carbocycles. The highest BCUT2D eigenvalue weighted by atomic mass is 32.2. The first-order valence-electron chi connectivity index (χ1n) is 5.50. The van der Waals surface area contributed by atoms with Gasteiger partial charge in [0.2, 0.25) is 0 Å². The lowest BCUT2D eigenvalue weighted by atomic mass is 10.00. The second kappa shape index (κ2) is 4.80. The minimum absolute atomic E-state index is 0.109. The maximum atomic E-state index is 11.2. The molecule has 0 atom stereocenters. The third kappa shape index (κ3) is 5.49. The van der Waals surface area contributed by atoms with Gasteiger partial charge in [-0.1, -0.05) is 0 Å². The van der Waals surface area contributed by atoms with Gasteiger partial charge in [0.05, 0.1) is 11.5 Å².